The molecular formula is C11H8ClO. The van der Waals surface area contributed by atoms with E-state index in [2.05, 4.69) is 6.92 Å². The molecule has 1 heterocycles. The van der Waals surface area contributed by atoms with Gasteiger partial charge in [-0.2, -0.15) is 0 Å². The van der Waals surface area contributed by atoms with Crippen LogP contribution in [0, 0.1) is 6.92 Å². The van der Waals surface area contributed by atoms with Gasteiger partial charge < -0.3 is 4.42 Å². The second-order valence-electron chi connectivity index (χ2n) is 2.78. The van der Waals surface area contributed by atoms with Gasteiger partial charge in [-0.15, -0.1) is 0 Å². The smallest absolute Gasteiger partial charge is 0.104 e. The van der Waals surface area contributed by atoms with E-state index in [9.17, 15) is 0 Å². The summed E-state index contributed by atoms with van der Waals surface area (Å²) in [5.74, 6) is 0.648. The summed E-state index contributed by atoms with van der Waals surface area (Å²) in [6.45, 7) is 3.69. The largest absolute Gasteiger partial charge is 0.469 e. The molecule has 2 rings (SSSR count). The van der Waals surface area contributed by atoms with Crippen molar-refractivity contribution >= 4 is 11.6 Å². The number of hydrogen-bond donors (Lipinski definition) is 0. The van der Waals surface area contributed by atoms with Gasteiger partial charge in [0.05, 0.1) is 6.26 Å². The molecule has 13 heavy (non-hydrogen) atoms. The molecule has 0 amide bonds. The number of furan rings is 1. The molecule has 65 valence electrons. The van der Waals surface area contributed by atoms with E-state index in [1.165, 1.54) is 0 Å². The van der Waals surface area contributed by atoms with Crippen molar-refractivity contribution in [3.63, 3.8) is 0 Å². The first-order valence-corrected chi connectivity index (χ1v) is 4.30. The van der Waals surface area contributed by atoms with Crippen LogP contribution in [0.2, 0.25) is 5.02 Å². The first kappa shape index (κ1) is 8.39. The van der Waals surface area contributed by atoms with Crippen LogP contribution in [0.15, 0.2) is 41.0 Å². The molecule has 0 aliphatic carbocycles. The molecule has 1 aromatic heterocycles. The van der Waals surface area contributed by atoms with E-state index in [0.717, 1.165) is 16.1 Å². The van der Waals surface area contributed by atoms with Gasteiger partial charge in [-0.25, -0.2) is 0 Å². The third-order valence-electron chi connectivity index (χ3n) is 1.84. The van der Waals surface area contributed by atoms with E-state index < -0.39 is 0 Å². The van der Waals surface area contributed by atoms with Crippen LogP contribution in [-0.4, -0.2) is 0 Å². The van der Waals surface area contributed by atoms with Crippen molar-refractivity contribution in [1.29, 1.82) is 0 Å². The Morgan fingerprint density at radius 3 is 2.62 bits per heavy atom. The number of hydrogen-bond acceptors (Lipinski definition) is 1. The minimum atomic E-state index is 0.648. The molecule has 1 aromatic carbocycles. The van der Waals surface area contributed by atoms with E-state index in [1.54, 1.807) is 6.26 Å². The zero-order chi connectivity index (χ0) is 9.26. The van der Waals surface area contributed by atoms with Crippen LogP contribution >= 0.6 is 11.6 Å². The van der Waals surface area contributed by atoms with Gasteiger partial charge in [0.25, 0.3) is 0 Å². The van der Waals surface area contributed by atoms with Gasteiger partial charge in [0.15, 0.2) is 0 Å². The first-order valence-electron chi connectivity index (χ1n) is 3.93. The maximum absolute atomic E-state index is 6.01. The molecule has 0 atom stereocenters. The second kappa shape index (κ2) is 3.27. The molecule has 0 unspecified atom stereocenters. The van der Waals surface area contributed by atoms with Crippen LogP contribution in [-0.2, 0) is 0 Å². The van der Waals surface area contributed by atoms with E-state index in [0.29, 0.717) is 5.76 Å². The van der Waals surface area contributed by atoms with E-state index in [-0.39, 0.29) is 0 Å². The Hall–Kier alpha value is -1.21. The summed E-state index contributed by atoms with van der Waals surface area (Å²) in [6, 6.07) is 9.51. The minimum absolute atomic E-state index is 0.648. The molecule has 0 aliphatic heterocycles. The summed E-state index contributed by atoms with van der Waals surface area (Å²) in [5.41, 5.74) is 1.94. The summed E-state index contributed by atoms with van der Waals surface area (Å²) in [7, 11) is 0. The normalized spacial score (nSPS) is 10.3. The van der Waals surface area contributed by atoms with E-state index in [1.807, 2.05) is 30.3 Å². The molecule has 0 aliphatic rings. The van der Waals surface area contributed by atoms with Crippen molar-refractivity contribution in [2.24, 2.45) is 0 Å². The van der Waals surface area contributed by atoms with Gasteiger partial charge >= 0.3 is 0 Å². The molecule has 1 nitrogen and oxygen atoms in total. The van der Waals surface area contributed by atoms with Crippen molar-refractivity contribution in [3.8, 4) is 11.1 Å². The maximum Gasteiger partial charge on any atom is 0.104 e. The van der Waals surface area contributed by atoms with Crippen molar-refractivity contribution in [2.45, 2.75) is 0 Å². The highest BCUT2D eigenvalue weighted by molar-refractivity contribution is 6.33. The maximum atomic E-state index is 6.01. The van der Waals surface area contributed by atoms with Gasteiger partial charge in [-0.05, 0) is 12.1 Å². The van der Waals surface area contributed by atoms with Crippen LogP contribution in [0.3, 0.4) is 0 Å². The molecule has 0 bridgehead atoms. The SMILES string of the molecule is [CH2]c1cc(-c2ccccc2Cl)co1. The van der Waals surface area contributed by atoms with Crippen molar-refractivity contribution in [2.75, 3.05) is 0 Å². The molecule has 0 spiro atoms. The lowest BCUT2D eigenvalue weighted by atomic mass is 10.1. The average molecular weight is 192 g/mol. The van der Waals surface area contributed by atoms with Crippen molar-refractivity contribution in [3.05, 3.63) is 54.3 Å². The third-order valence-corrected chi connectivity index (χ3v) is 2.17. The molecule has 1 radical (unpaired) electrons. The highest BCUT2D eigenvalue weighted by atomic mass is 35.5. The van der Waals surface area contributed by atoms with Crippen LogP contribution in [0.1, 0.15) is 5.76 Å². The quantitative estimate of drug-likeness (QED) is 0.669. The monoisotopic (exact) mass is 191 g/mol. The van der Waals surface area contributed by atoms with Gasteiger partial charge in [-0.3, -0.25) is 0 Å². The van der Waals surface area contributed by atoms with Gasteiger partial charge in [0.2, 0.25) is 0 Å². The van der Waals surface area contributed by atoms with Gasteiger partial charge in [-0.1, -0.05) is 29.8 Å². The fraction of sp³-hybridized carbons (Fsp3) is 0. The van der Waals surface area contributed by atoms with Crippen LogP contribution in [0.4, 0.5) is 0 Å². The lowest BCUT2D eigenvalue weighted by Crippen LogP contribution is -1.74. The summed E-state index contributed by atoms with van der Waals surface area (Å²) in [4.78, 5) is 0. The fourth-order valence-electron chi connectivity index (χ4n) is 1.22. The number of halogens is 1. The topological polar surface area (TPSA) is 13.1 Å². The highest BCUT2D eigenvalue weighted by Gasteiger charge is 2.04. The molecular weight excluding hydrogens is 184 g/mol. The van der Waals surface area contributed by atoms with Crippen molar-refractivity contribution < 1.29 is 4.42 Å². The predicted octanol–water partition coefficient (Wildman–Crippen LogP) is 3.78. The lowest BCUT2D eigenvalue weighted by Gasteiger charge is -1.98. The zero-order valence-electron chi connectivity index (χ0n) is 6.96. The Balaban J connectivity index is 2.52. The summed E-state index contributed by atoms with van der Waals surface area (Å²) in [6.07, 6.45) is 1.66. The molecule has 0 N–H and O–H groups in total. The van der Waals surface area contributed by atoms with Gasteiger partial charge in [0, 0.05) is 23.1 Å². The summed E-state index contributed by atoms with van der Waals surface area (Å²) < 4.78 is 5.10. The number of benzene rings is 1. The zero-order valence-corrected chi connectivity index (χ0v) is 7.71. The Morgan fingerprint density at radius 2 is 2.00 bits per heavy atom. The average Bonchev–Trinajstić information content (AvgIpc) is 2.53. The number of rotatable bonds is 1. The lowest BCUT2D eigenvalue weighted by molar-refractivity contribution is 0.549. The van der Waals surface area contributed by atoms with Gasteiger partial charge in [0.1, 0.15) is 5.76 Å². The Bertz CT molecular complexity index is 418. The summed E-state index contributed by atoms with van der Waals surface area (Å²) >= 11 is 6.01. The molecule has 0 saturated carbocycles. The molecule has 2 heteroatoms. The van der Waals surface area contributed by atoms with Crippen LogP contribution < -0.4 is 0 Å². The summed E-state index contributed by atoms with van der Waals surface area (Å²) in [5, 5.41) is 0.725. The molecule has 0 saturated heterocycles. The van der Waals surface area contributed by atoms with Crippen LogP contribution in [0.5, 0.6) is 0 Å². The standard InChI is InChI=1S/C11H8ClO/c1-8-6-9(7-13-8)10-4-2-3-5-11(10)12/h2-7H,1H2. The highest BCUT2D eigenvalue weighted by Crippen LogP contribution is 2.28. The van der Waals surface area contributed by atoms with Crippen molar-refractivity contribution in [1.82, 2.24) is 0 Å². The Kier molecular flexibility index (Phi) is 2.11. The molecule has 2 aromatic rings. The Morgan fingerprint density at radius 1 is 1.23 bits per heavy atom. The van der Waals surface area contributed by atoms with E-state index >= 15 is 0 Å². The Labute approximate surface area is 82.0 Å². The third kappa shape index (κ3) is 1.61. The first-order chi connectivity index (χ1) is 6.27. The van der Waals surface area contributed by atoms with E-state index in [4.69, 9.17) is 16.0 Å². The predicted molar refractivity (Wildman–Crippen MR) is 53.6 cm³/mol. The molecule has 0 fully saturated rings. The minimum Gasteiger partial charge on any atom is -0.469 e. The second-order valence-corrected chi connectivity index (χ2v) is 3.19. The van der Waals surface area contributed by atoms with Crippen LogP contribution in [0.25, 0.3) is 11.1 Å². The fourth-order valence-corrected chi connectivity index (χ4v) is 1.46.